The number of hydrogen-bond acceptors (Lipinski definition) is 4. The number of nitrogens with zero attached hydrogens (tertiary/aromatic N) is 4. The third kappa shape index (κ3) is 4.50. The minimum absolute atomic E-state index is 0.0462. The molecule has 2 aromatic rings. The third-order valence-corrected chi connectivity index (χ3v) is 6.34. The predicted molar refractivity (Wildman–Crippen MR) is 119 cm³/mol. The number of Topliss-reactive ketones (excluding diaryl/α,β-unsaturated/α-hetero) is 1. The number of urea groups is 1. The maximum Gasteiger partial charge on any atom is 0.317 e. The van der Waals surface area contributed by atoms with Gasteiger partial charge in [-0.3, -0.25) is 14.5 Å². The molecule has 0 spiro atoms. The zero-order chi connectivity index (χ0) is 22.0. The standard InChI is InChI=1S/C24H33N5O2/c1-4-5-11-26-23(31)28-12-7-9-18(28)22-21-19(13-24(2,3)14-20(21)30)29(27-22)16-17-8-6-10-25-15-17/h6,8,10,15,18H,4-5,7,9,11-14,16H2,1-3H3,(H,26,31)/t18-/m0/s1. The Morgan fingerprint density at radius 1 is 1.32 bits per heavy atom. The first kappa shape index (κ1) is 21.5. The second kappa shape index (κ2) is 8.81. The molecule has 1 aliphatic heterocycles. The van der Waals surface area contributed by atoms with Gasteiger partial charge in [0.15, 0.2) is 5.78 Å². The predicted octanol–water partition coefficient (Wildman–Crippen LogP) is 4.13. The third-order valence-electron chi connectivity index (χ3n) is 6.34. The van der Waals surface area contributed by atoms with E-state index >= 15 is 0 Å². The summed E-state index contributed by atoms with van der Waals surface area (Å²) in [6, 6.07) is 3.76. The lowest BCUT2D eigenvalue weighted by Crippen LogP contribution is -2.40. The first-order chi connectivity index (χ1) is 14.9. The average Bonchev–Trinajstić information content (AvgIpc) is 3.33. The van der Waals surface area contributed by atoms with Gasteiger partial charge in [-0.25, -0.2) is 4.79 Å². The first-order valence-electron chi connectivity index (χ1n) is 11.5. The van der Waals surface area contributed by atoms with E-state index < -0.39 is 0 Å². The Morgan fingerprint density at radius 3 is 2.90 bits per heavy atom. The Morgan fingerprint density at radius 2 is 2.16 bits per heavy atom. The lowest BCUT2D eigenvalue weighted by Gasteiger charge is -2.30. The van der Waals surface area contributed by atoms with Gasteiger partial charge in [0, 0.05) is 31.9 Å². The van der Waals surface area contributed by atoms with Crippen LogP contribution in [0, 0.1) is 5.41 Å². The van der Waals surface area contributed by atoms with E-state index in [0.29, 0.717) is 26.1 Å². The zero-order valence-corrected chi connectivity index (χ0v) is 18.9. The molecule has 7 nitrogen and oxygen atoms in total. The zero-order valence-electron chi connectivity index (χ0n) is 18.9. The highest BCUT2D eigenvalue weighted by molar-refractivity contribution is 6.00. The number of carbonyl (C=O) groups excluding carboxylic acids is 2. The van der Waals surface area contributed by atoms with Crippen molar-refractivity contribution in [3.8, 4) is 0 Å². The molecule has 1 fully saturated rings. The van der Waals surface area contributed by atoms with Crippen LogP contribution in [-0.2, 0) is 13.0 Å². The number of likely N-dealkylation sites (tertiary alicyclic amines) is 1. The van der Waals surface area contributed by atoms with Crippen LogP contribution in [0.1, 0.15) is 86.2 Å². The summed E-state index contributed by atoms with van der Waals surface area (Å²) in [4.78, 5) is 32.2. The number of fused-ring (bicyclic) bond motifs is 1. The molecule has 7 heteroatoms. The van der Waals surface area contributed by atoms with Crippen molar-refractivity contribution in [1.82, 2.24) is 25.0 Å². The van der Waals surface area contributed by atoms with Crippen molar-refractivity contribution in [2.45, 2.75) is 71.9 Å². The topological polar surface area (TPSA) is 80.1 Å². The van der Waals surface area contributed by atoms with Gasteiger partial charge >= 0.3 is 6.03 Å². The van der Waals surface area contributed by atoms with Gasteiger partial charge in [-0.05, 0) is 42.7 Å². The summed E-state index contributed by atoms with van der Waals surface area (Å²) in [5, 5.41) is 8.00. The molecule has 1 atom stereocenters. The summed E-state index contributed by atoms with van der Waals surface area (Å²) in [7, 11) is 0. The number of nitrogens with one attached hydrogen (secondary N) is 1. The van der Waals surface area contributed by atoms with Crippen LogP contribution in [0.3, 0.4) is 0 Å². The summed E-state index contributed by atoms with van der Waals surface area (Å²) in [6.45, 7) is 8.34. The fraction of sp³-hybridized carbons (Fsp3) is 0.583. The lowest BCUT2D eigenvalue weighted by atomic mass is 9.75. The molecule has 166 valence electrons. The molecule has 0 bridgehead atoms. The molecule has 31 heavy (non-hydrogen) atoms. The largest absolute Gasteiger partial charge is 0.338 e. The van der Waals surface area contributed by atoms with E-state index in [1.54, 1.807) is 6.20 Å². The molecule has 0 radical (unpaired) electrons. The highest BCUT2D eigenvalue weighted by atomic mass is 16.2. The van der Waals surface area contributed by atoms with Crippen molar-refractivity contribution in [3.05, 3.63) is 47.0 Å². The quantitative estimate of drug-likeness (QED) is 0.709. The molecule has 2 amide bonds. The molecule has 0 aromatic carbocycles. The number of ketones is 1. The molecular formula is C24H33N5O2. The molecule has 1 N–H and O–H groups in total. The lowest BCUT2D eigenvalue weighted by molar-refractivity contribution is 0.0907. The molecular weight excluding hydrogens is 390 g/mol. The van der Waals surface area contributed by atoms with Crippen LogP contribution >= 0.6 is 0 Å². The number of carbonyl (C=O) groups is 2. The Kier molecular flexibility index (Phi) is 6.12. The molecule has 1 saturated heterocycles. The monoisotopic (exact) mass is 423 g/mol. The highest BCUT2D eigenvalue weighted by Gasteiger charge is 2.41. The average molecular weight is 424 g/mol. The van der Waals surface area contributed by atoms with Gasteiger partial charge in [-0.2, -0.15) is 5.10 Å². The van der Waals surface area contributed by atoms with E-state index in [9.17, 15) is 9.59 Å². The van der Waals surface area contributed by atoms with Crippen molar-refractivity contribution in [2.24, 2.45) is 5.41 Å². The van der Waals surface area contributed by atoms with Crippen LogP contribution in [0.4, 0.5) is 4.79 Å². The van der Waals surface area contributed by atoms with Crippen molar-refractivity contribution >= 4 is 11.8 Å². The van der Waals surface area contributed by atoms with Gasteiger partial charge in [-0.15, -0.1) is 0 Å². The van der Waals surface area contributed by atoms with Gasteiger partial charge in [0.1, 0.15) is 0 Å². The van der Waals surface area contributed by atoms with E-state index in [0.717, 1.165) is 54.6 Å². The number of rotatable bonds is 6. The van der Waals surface area contributed by atoms with Crippen LogP contribution in [0.25, 0.3) is 0 Å². The summed E-state index contributed by atoms with van der Waals surface area (Å²) in [5.74, 6) is 0.150. The summed E-state index contributed by atoms with van der Waals surface area (Å²) in [6.07, 6.45) is 8.69. The van der Waals surface area contributed by atoms with Crippen LogP contribution < -0.4 is 5.32 Å². The normalized spacial score (nSPS) is 20.0. The number of amides is 2. The van der Waals surface area contributed by atoms with Gasteiger partial charge in [0.2, 0.25) is 0 Å². The van der Waals surface area contributed by atoms with Crippen LogP contribution in [-0.4, -0.2) is 44.6 Å². The van der Waals surface area contributed by atoms with Crippen LogP contribution in [0.15, 0.2) is 24.5 Å². The molecule has 2 aromatic heterocycles. The van der Waals surface area contributed by atoms with E-state index in [2.05, 4.69) is 31.1 Å². The Hall–Kier alpha value is -2.70. The van der Waals surface area contributed by atoms with E-state index in [4.69, 9.17) is 5.10 Å². The number of pyridine rings is 1. The minimum Gasteiger partial charge on any atom is -0.338 e. The van der Waals surface area contributed by atoms with Gasteiger partial charge < -0.3 is 10.2 Å². The summed E-state index contributed by atoms with van der Waals surface area (Å²) in [5.41, 5.74) is 3.49. The van der Waals surface area contributed by atoms with E-state index in [1.807, 2.05) is 27.9 Å². The van der Waals surface area contributed by atoms with Gasteiger partial charge in [0.05, 0.1) is 29.5 Å². The molecule has 0 unspecified atom stereocenters. The van der Waals surface area contributed by atoms with E-state index in [1.165, 1.54) is 0 Å². The fourth-order valence-electron chi connectivity index (χ4n) is 4.84. The fourth-order valence-corrected chi connectivity index (χ4v) is 4.84. The van der Waals surface area contributed by atoms with E-state index in [-0.39, 0.29) is 23.3 Å². The summed E-state index contributed by atoms with van der Waals surface area (Å²) < 4.78 is 1.98. The summed E-state index contributed by atoms with van der Waals surface area (Å²) >= 11 is 0. The maximum atomic E-state index is 13.2. The highest BCUT2D eigenvalue weighted by Crippen LogP contribution is 2.41. The molecule has 3 heterocycles. The SMILES string of the molecule is CCCCNC(=O)N1CCC[C@H]1c1nn(Cc2cccnc2)c2c1C(=O)CC(C)(C)C2. The molecule has 2 aliphatic rings. The van der Waals surface area contributed by atoms with Gasteiger partial charge in [-0.1, -0.05) is 33.3 Å². The minimum atomic E-state index is -0.143. The number of aromatic nitrogens is 3. The van der Waals surface area contributed by atoms with Crippen molar-refractivity contribution < 1.29 is 9.59 Å². The second-order valence-electron chi connectivity index (χ2n) is 9.60. The smallest absolute Gasteiger partial charge is 0.317 e. The van der Waals surface area contributed by atoms with Gasteiger partial charge in [0.25, 0.3) is 0 Å². The molecule has 1 aliphatic carbocycles. The Bertz CT molecular complexity index is 950. The number of unbranched alkanes of at least 4 members (excludes halogenated alkanes) is 1. The van der Waals surface area contributed by atoms with Crippen LogP contribution in [0.5, 0.6) is 0 Å². The van der Waals surface area contributed by atoms with Crippen molar-refractivity contribution in [3.63, 3.8) is 0 Å². The Balaban J connectivity index is 1.69. The Labute approximate surface area is 184 Å². The van der Waals surface area contributed by atoms with Crippen molar-refractivity contribution in [1.29, 1.82) is 0 Å². The van der Waals surface area contributed by atoms with Crippen LogP contribution in [0.2, 0.25) is 0 Å². The van der Waals surface area contributed by atoms with Crippen molar-refractivity contribution in [2.75, 3.05) is 13.1 Å². The maximum absolute atomic E-state index is 13.2. The molecule has 0 saturated carbocycles. The second-order valence-corrected chi connectivity index (χ2v) is 9.60. The number of hydrogen-bond donors (Lipinski definition) is 1. The first-order valence-corrected chi connectivity index (χ1v) is 11.5. The molecule has 4 rings (SSSR count).